The molecule has 0 fully saturated rings. The summed E-state index contributed by atoms with van der Waals surface area (Å²) in [5.41, 5.74) is 0. The zero-order valence-electron chi connectivity index (χ0n) is 43.3. The van der Waals surface area contributed by atoms with E-state index in [2.05, 4.69) is 57.2 Å². The number of hydrogen-bond acceptors (Lipinski definition) is 5. The molecule has 0 N–H and O–H groups in total. The van der Waals surface area contributed by atoms with E-state index in [1.807, 2.05) is 0 Å². The summed E-state index contributed by atoms with van der Waals surface area (Å²) in [6.45, 7) is 7.77. The monoisotopic (exact) mass is 899 g/mol. The summed E-state index contributed by atoms with van der Waals surface area (Å²) in [5, 5.41) is 0. The lowest BCUT2D eigenvalue weighted by Gasteiger charge is -2.18. The summed E-state index contributed by atoms with van der Waals surface area (Å²) in [6, 6.07) is 0. The van der Waals surface area contributed by atoms with Gasteiger partial charge >= 0.3 is 11.9 Å². The molecule has 0 radical (unpaired) electrons. The highest BCUT2D eigenvalue weighted by molar-refractivity contribution is 5.70. The SMILES string of the molecule is CC/C=C\C/C=C\C/C=C\CCCCCCCCCC(=O)OCC(COCCCCCCCCCCCCCCCCCCCCCC)OC(=O)CCCCCCCCCCCCC. The minimum atomic E-state index is -0.534. The normalized spacial score (nSPS) is 12.4. The Morgan fingerprint density at radius 1 is 0.359 bits per heavy atom. The second-order valence-corrected chi connectivity index (χ2v) is 19.2. The molecule has 1 atom stereocenters. The Hall–Kier alpha value is -1.88. The molecule has 0 aromatic carbocycles. The first-order valence-corrected chi connectivity index (χ1v) is 28.5. The highest BCUT2D eigenvalue weighted by atomic mass is 16.6. The van der Waals surface area contributed by atoms with Gasteiger partial charge in [0.15, 0.2) is 6.10 Å². The lowest BCUT2D eigenvalue weighted by atomic mass is 10.0. The fourth-order valence-electron chi connectivity index (χ4n) is 8.47. The molecule has 0 aliphatic carbocycles. The quantitative estimate of drug-likeness (QED) is 0.0346. The molecular weight excluding hydrogens is 789 g/mol. The Bertz CT molecular complexity index is 1020. The average Bonchev–Trinajstić information content (AvgIpc) is 3.30. The lowest BCUT2D eigenvalue weighted by molar-refractivity contribution is -0.163. The number of unbranched alkanes of at least 4 members (excludes halogenated alkanes) is 36. The zero-order valence-corrected chi connectivity index (χ0v) is 43.3. The van der Waals surface area contributed by atoms with E-state index < -0.39 is 6.10 Å². The molecule has 376 valence electrons. The number of esters is 2. The van der Waals surface area contributed by atoms with Crippen molar-refractivity contribution in [1.29, 1.82) is 0 Å². The summed E-state index contributed by atoms with van der Waals surface area (Å²) in [5.74, 6) is -0.391. The first kappa shape index (κ1) is 62.1. The Morgan fingerprint density at radius 3 is 1.12 bits per heavy atom. The number of ether oxygens (including phenoxy) is 3. The Kier molecular flexibility index (Phi) is 53.8. The maximum Gasteiger partial charge on any atom is 0.306 e. The summed E-state index contributed by atoms with van der Waals surface area (Å²) in [6.07, 6.45) is 67.4. The molecule has 5 nitrogen and oxygen atoms in total. The molecule has 0 saturated carbocycles. The first-order chi connectivity index (χ1) is 31.6. The smallest absolute Gasteiger partial charge is 0.306 e. The summed E-state index contributed by atoms with van der Waals surface area (Å²) < 4.78 is 17.5. The minimum Gasteiger partial charge on any atom is -0.462 e. The highest BCUT2D eigenvalue weighted by Crippen LogP contribution is 2.17. The van der Waals surface area contributed by atoms with Crippen molar-refractivity contribution in [2.24, 2.45) is 0 Å². The van der Waals surface area contributed by atoms with Gasteiger partial charge in [-0.2, -0.15) is 0 Å². The van der Waals surface area contributed by atoms with Crippen LogP contribution in [0.2, 0.25) is 0 Å². The Morgan fingerprint density at radius 2 is 0.703 bits per heavy atom. The predicted octanol–water partition coefficient (Wildman–Crippen LogP) is 19.4. The molecule has 5 heteroatoms. The third-order valence-electron chi connectivity index (χ3n) is 12.7. The van der Waals surface area contributed by atoms with Gasteiger partial charge in [-0.15, -0.1) is 0 Å². The van der Waals surface area contributed by atoms with Crippen LogP contribution in [0.25, 0.3) is 0 Å². The van der Waals surface area contributed by atoms with Crippen molar-refractivity contribution in [1.82, 2.24) is 0 Å². The summed E-state index contributed by atoms with van der Waals surface area (Å²) in [4.78, 5) is 25.4. The third kappa shape index (κ3) is 52.7. The fourth-order valence-corrected chi connectivity index (χ4v) is 8.47. The van der Waals surface area contributed by atoms with Gasteiger partial charge in [0.1, 0.15) is 6.61 Å². The number of rotatable bonds is 53. The van der Waals surface area contributed by atoms with E-state index in [0.29, 0.717) is 26.1 Å². The topological polar surface area (TPSA) is 61.8 Å². The lowest BCUT2D eigenvalue weighted by Crippen LogP contribution is -2.30. The van der Waals surface area contributed by atoms with E-state index in [0.717, 1.165) is 64.2 Å². The van der Waals surface area contributed by atoms with Crippen LogP contribution < -0.4 is 0 Å². The van der Waals surface area contributed by atoms with E-state index in [1.54, 1.807) is 0 Å². The second kappa shape index (κ2) is 55.4. The van der Waals surface area contributed by atoms with Crippen molar-refractivity contribution in [2.75, 3.05) is 19.8 Å². The van der Waals surface area contributed by atoms with E-state index in [4.69, 9.17) is 14.2 Å². The molecule has 0 amide bonds. The average molecular weight is 900 g/mol. The molecule has 0 aliphatic rings. The molecule has 0 aromatic heterocycles. The molecule has 0 heterocycles. The summed E-state index contributed by atoms with van der Waals surface area (Å²) in [7, 11) is 0. The summed E-state index contributed by atoms with van der Waals surface area (Å²) >= 11 is 0. The number of carbonyl (C=O) groups is 2. The van der Waals surface area contributed by atoms with Crippen molar-refractivity contribution >= 4 is 11.9 Å². The van der Waals surface area contributed by atoms with Gasteiger partial charge in [-0.25, -0.2) is 0 Å². The molecule has 0 aliphatic heterocycles. The van der Waals surface area contributed by atoms with Gasteiger partial charge < -0.3 is 14.2 Å². The fraction of sp³-hybridized carbons (Fsp3) is 0.864. The van der Waals surface area contributed by atoms with Gasteiger partial charge in [0.05, 0.1) is 6.61 Å². The molecule has 0 bridgehead atoms. The van der Waals surface area contributed by atoms with Crippen LogP contribution in [-0.2, 0) is 23.8 Å². The Labute approximate surface area is 400 Å². The van der Waals surface area contributed by atoms with Gasteiger partial charge in [0, 0.05) is 19.4 Å². The number of hydrogen-bond donors (Lipinski definition) is 0. The minimum absolute atomic E-state index is 0.0864. The highest BCUT2D eigenvalue weighted by Gasteiger charge is 2.17. The van der Waals surface area contributed by atoms with Crippen LogP contribution in [0.5, 0.6) is 0 Å². The van der Waals surface area contributed by atoms with Crippen molar-refractivity contribution in [2.45, 2.75) is 309 Å². The molecule has 0 spiro atoms. The standard InChI is InChI=1S/C59H110O5/c1-4-7-10-13-16-19-22-24-26-28-29-30-32-34-36-39-42-45-48-51-54-62-55-57(64-59(61)53-50-47-44-41-37-21-18-15-12-9-6-3)56-63-58(60)52-49-46-43-40-38-35-33-31-27-25-23-20-17-14-11-8-5-2/h8,11,17,20,25,27,57H,4-7,9-10,12-16,18-19,21-24,26,28-56H2,1-3H3/b11-8-,20-17-,27-25-. The zero-order chi connectivity index (χ0) is 46.3. The van der Waals surface area contributed by atoms with Gasteiger partial charge in [0.2, 0.25) is 0 Å². The van der Waals surface area contributed by atoms with Gasteiger partial charge in [-0.1, -0.05) is 276 Å². The van der Waals surface area contributed by atoms with Crippen molar-refractivity contribution in [3.63, 3.8) is 0 Å². The van der Waals surface area contributed by atoms with Crippen LogP contribution in [-0.4, -0.2) is 37.9 Å². The largest absolute Gasteiger partial charge is 0.462 e. The molecule has 1 unspecified atom stereocenters. The maximum atomic E-state index is 12.8. The van der Waals surface area contributed by atoms with Crippen molar-refractivity contribution in [3.05, 3.63) is 36.5 Å². The molecule has 64 heavy (non-hydrogen) atoms. The second-order valence-electron chi connectivity index (χ2n) is 19.2. The van der Waals surface area contributed by atoms with E-state index in [9.17, 15) is 9.59 Å². The first-order valence-electron chi connectivity index (χ1n) is 28.5. The van der Waals surface area contributed by atoms with Crippen LogP contribution in [0.3, 0.4) is 0 Å². The number of allylic oxidation sites excluding steroid dienone is 6. The van der Waals surface area contributed by atoms with Crippen LogP contribution in [0.1, 0.15) is 303 Å². The van der Waals surface area contributed by atoms with E-state index in [-0.39, 0.29) is 18.5 Å². The van der Waals surface area contributed by atoms with Crippen LogP contribution in [0.4, 0.5) is 0 Å². The van der Waals surface area contributed by atoms with E-state index in [1.165, 1.54) is 205 Å². The van der Waals surface area contributed by atoms with Gasteiger partial charge in [0.25, 0.3) is 0 Å². The molecular formula is C59H110O5. The van der Waals surface area contributed by atoms with E-state index >= 15 is 0 Å². The molecule has 0 rings (SSSR count). The number of carbonyl (C=O) groups excluding carboxylic acids is 2. The molecule has 0 aromatic rings. The maximum absolute atomic E-state index is 12.8. The molecule has 0 saturated heterocycles. The van der Waals surface area contributed by atoms with Gasteiger partial charge in [-0.3, -0.25) is 9.59 Å². The third-order valence-corrected chi connectivity index (χ3v) is 12.7. The van der Waals surface area contributed by atoms with Crippen molar-refractivity contribution in [3.8, 4) is 0 Å². The van der Waals surface area contributed by atoms with Crippen molar-refractivity contribution < 1.29 is 23.8 Å². The van der Waals surface area contributed by atoms with Crippen LogP contribution >= 0.6 is 0 Å². The Balaban J connectivity index is 4.16. The van der Waals surface area contributed by atoms with Crippen LogP contribution in [0.15, 0.2) is 36.5 Å². The van der Waals surface area contributed by atoms with Gasteiger partial charge in [-0.05, 0) is 51.4 Å². The van der Waals surface area contributed by atoms with Crippen LogP contribution in [0, 0.1) is 0 Å². The predicted molar refractivity (Wildman–Crippen MR) is 279 cm³/mol.